The van der Waals surface area contributed by atoms with Crippen LogP contribution in [-0.4, -0.2) is 57.3 Å². The van der Waals surface area contributed by atoms with Gasteiger partial charge in [-0.15, -0.1) is 0 Å². The first-order valence-electron chi connectivity index (χ1n) is 16.0. The number of nitrogens with zero attached hydrogens (tertiary/aromatic N) is 7. The van der Waals surface area contributed by atoms with Crippen LogP contribution in [0, 0.1) is 11.3 Å². The summed E-state index contributed by atoms with van der Waals surface area (Å²) in [5.41, 5.74) is 3.68. The van der Waals surface area contributed by atoms with Gasteiger partial charge in [-0.3, -0.25) is 19.7 Å². The number of rotatable bonds is 9. The Balaban J connectivity index is 1.19. The van der Waals surface area contributed by atoms with Gasteiger partial charge in [0.2, 0.25) is 5.95 Å². The summed E-state index contributed by atoms with van der Waals surface area (Å²) in [5, 5.41) is 16.1. The van der Waals surface area contributed by atoms with Crippen LogP contribution in [-0.2, 0) is 23.4 Å². The summed E-state index contributed by atoms with van der Waals surface area (Å²) in [4.78, 5) is 45.3. The molecule has 50 heavy (non-hydrogen) atoms. The van der Waals surface area contributed by atoms with E-state index >= 15 is 0 Å². The van der Waals surface area contributed by atoms with Gasteiger partial charge in [0.15, 0.2) is 9.84 Å². The molecular formula is C36H35N9O4S. The van der Waals surface area contributed by atoms with Crippen molar-refractivity contribution in [1.29, 1.82) is 5.26 Å². The van der Waals surface area contributed by atoms with Crippen molar-refractivity contribution in [3.8, 4) is 28.6 Å². The molecule has 4 heterocycles. The Labute approximate surface area is 289 Å². The zero-order chi connectivity index (χ0) is 35.3. The van der Waals surface area contributed by atoms with Crippen molar-refractivity contribution >= 4 is 27.5 Å². The van der Waals surface area contributed by atoms with Crippen molar-refractivity contribution in [3.05, 3.63) is 113 Å². The highest BCUT2D eigenvalue weighted by atomic mass is 32.2. The van der Waals surface area contributed by atoms with Crippen LogP contribution in [0.25, 0.3) is 22.5 Å². The number of sulfone groups is 1. The van der Waals surface area contributed by atoms with Gasteiger partial charge in [-0.25, -0.2) is 23.2 Å². The molecule has 1 saturated carbocycles. The normalized spacial score (nSPS) is 15.9. The Kier molecular flexibility index (Phi) is 9.96. The topological polar surface area (TPSA) is 176 Å². The number of urea groups is 1. The minimum Gasteiger partial charge on any atom is -0.351 e. The van der Waals surface area contributed by atoms with Gasteiger partial charge in [-0.1, -0.05) is 30.3 Å². The summed E-state index contributed by atoms with van der Waals surface area (Å²) in [6.45, 7) is 0.368. The highest BCUT2D eigenvalue weighted by molar-refractivity contribution is 7.90. The van der Waals surface area contributed by atoms with Gasteiger partial charge in [0, 0.05) is 67.7 Å². The molecule has 5 aromatic rings. The number of nitriles is 1. The number of hydrogen-bond acceptors (Lipinski definition) is 10. The van der Waals surface area contributed by atoms with Gasteiger partial charge in [-0.2, -0.15) is 5.26 Å². The predicted octanol–water partition coefficient (Wildman–Crippen LogP) is 4.71. The molecule has 2 N–H and O–H groups in total. The third kappa shape index (κ3) is 7.85. The van der Waals surface area contributed by atoms with Gasteiger partial charge >= 0.3 is 6.03 Å². The van der Waals surface area contributed by atoms with Gasteiger partial charge in [0.25, 0.3) is 5.56 Å². The van der Waals surface area contributed by atoms with E-state index in [1.54, 1.807) is 24.3 Å². The Morgan fingerprint density at radius 2 is 1.76 bits per heavy atom. The lowest BCUT2D eigenvalue weighted by Crippen LogP contribution is -2.48. The third-order valence-electron chi connectivity index (χ3n) is 8.65. The number of aryl methyl sites for hydroxylation is 1. The van der Waals surface area contributed by atoms with Crippen molar-refractivity contribution in [2.45, 2.75) is 49.2 Å². The van der Waals surface area contributed by atoms with E-state index in [-0.39, 0.29) is 39.8 Å². The molecule has 14 heteroatoms. The monoisotopic (exact) mass is 689 g/mol. The smallest absolute Gasteiger partial charge is 0.322 e. The SMILES string of the molecule is Cn1ccc(-c2ccc(N(C(=O)NCc3ccccc3)C3CCC(Nc4ncc(C#N)c(-c5cncc(S(C)(=O)=O)c5)n4)CC3)cn2)cc1=O. The lowest BCUT2D eigenvalue weighted by atomic mass is 9.90. The highest BCUT2D eigenvalue weighted by Crippen LogP contribution is 2.31. The maximum Gasteiger partial charge on any atom is 0.322 e. The van der Waals surface area contributed by atoms with Gasteiger partial charge in [-0.05, 0) is 55.5 Å². The number of anilines is 2. The standard InChI is InChI=1S/C36H35N9O4S/c1-44-15-14-25(17-33(44)46)32-13-12-30(22-39-32)45(36(47)41-19-24-6-4-3-5-7-24)29-10-8-28(9-11-29)42-35-40-21-27(18-37)34(43-35)26-16-31(23-38-20-26)50(2,48)49/h3-7,12-17,20-23,28-29H,8-11,19H2,1-2H3,(H,41,47)(H,40,42,43). The molecule has 6 rings (SSSR count). The largest absolute Gasteiger partial charge is 0.351 e. The minimum absolute atomic E-state index is 0.0112. The highest BCUT2D eigenvalue weighted by Gasteiger charge is 2.31. The molecular weight excluding hydrogens is 655 g/mol. The third-order valence-corrected chi connectivity index (χ3v) is 9.73. The lowest BCUT2D eigenvalue weighted by molar-refractivity contribution is 0.240. The minimum atomic E-state index is -3.51. The maximum atomic E-state index is 13.8. The van der Waals surface area contributed by atoms with Crippen LogP contribution >= 0.6 is 0 Å². The van der Waals surface area contributed by atoms with E-state index in [4.69, 9.17) is 0 Å². The summed E-state index contributed by atoms with van der Waals surface area (Å²) in [6.07, 6.45) is 11.3. The number of pyridine rings is 3. The molecule has 1 aromatic carbocycles. The van der Waals surface area contributed by atoms with Crippen molar-refractivity contribution in [1.82, 2.24) is 29.8 Å². The molecule has 1 fully saturated rings. The van der Waals surface area contributed by atoms with Crippen molar-refractivity contribution in [3.63, 3.8) is 0 Å². The van der Waals surface area contributed by atoms with Crippen LogP contribution in [0.15, 0.2) is 101 Å². The summed E-state index contributed by atoms with van der Waals surface area (Å²) in [6, 6.07) is 19.9. The molecule has 1 aliphatic carbocycles. The molecule has 0 aliphatic heterocycles. The zero-order valence-corrected chi connectivity index (χ0v) is 28.3. The predicted molar refractivity (Wildman–Crippen MR) is 189 cm³/mol. The molecule has 13 nitrogen and oxygen atoms in total. The Bertz CT molecular complexity index is 2210. The zero-order valence-electron chi connectivity index (χ0n) is 27.5. The summed E-state index contributed by atoms with van der Waals surface area (Å²) in [5.74, 6) is 0.306. The number of hydrogen-bond donors (Lipinski definition) is 2. The molecule has 1 aliphatic rings. The van der Waals surface area contributed by atoms with Crippen LogP contribution < -0.4 is 21.1 Å². The van der Waals surface area contributed by atoms with Crippen LogP contribution in [0.1, 0.15) is 36.8 Å². The number of carbonyl (C=O) groups excluding carboxylic acids is 1. The average Bonchev–Trinajstić information content (AvgIpc) is 3.13. The number of amides is 2. The van der Waals surface area contributed by atoms with Crippen molar-refractivity contribution < 1.29 is 13.2 Å². The van der Waals surface area contributed by atoms with Crippen LogP contribution in [0.3, 0.4) is 0 Å². The lowest BCUT2D eigenvalue weighted by Gasteiger charge is -2.37. The van der Waals surface area contributed by atoms with E-state index in [9.17, 15) is 23.3 Å². The summed E-state index contributed by atoms with van der Waals surface area (Å²) in [7, 11) is -1.83. The number of nitrogens with one attached hydrogen (secondary N) is 2. The van der Waals surface area contributed by atoms with E-state index in [2.05, 4.69) is 36.6 Å². The van der Waals surface area contributed by atoms with Crippen molar-refractivity contribution in [2.75, 3.05) is 16.5 Å². The average molecular weight is 690 g/mol. The van der Waals surface area contributed by atoms with Gasteiger partial charge in [0.05, 0.1) is 39.9 Å². The van der Waals surface area contributed by atoms with E-state index in [1.807, 2.05) is 48.5 Å². The number of carbonyl (C=O) groups is 1. The summed E-state index contributed by atoms with van der Waals surface area (Å²) < 4.78 is 25.7. The Morgan fingerprint density at radius 1 is 0.980 bits per heavy atom. The molecule has 0 atom stereocenters. The Morgan fingerprint density at radius 3 is 2.44 bits per heavy atom. The molecule has 0 unspecified atom stereocenters. The van der Waals surface area contributed by atoms with Crippen LogP contribution in [0.4, 0.5) is 16.4 Å². The molecule has 0 spiro atoms. The molecule has 4 aromatic heterocycles. The van der Waals surface area contributed by atoms with E-state index in [1.165, 1.54) is 35.3 Å². The van der Waals surface area contributed by atoms with Crippen LogP contribution in [0.5, 0.6) is 0 Å². The van der Waals surface area contributed by atoms with Gasteiger partial charge in [0.1, 0.15) is 6.07 Å². The second kappa shape index (κ2) is 14.7. The maximum absolute atomic E-state index is 13.8. The quantitative estimate of drug-likeness (QED) is 0.220. The second-order valence-corrected chi connectivity index (χ2v) is 14.2. The van der Waals surface area contributed by atoms with Crippen LogP contribution in [0.2, 0.25) is 0 Å². The fourth-order valence-electron chi connectivity index (χ4n) is 5.93. The molecule has 2 amide bonds. The molecule has 254 valence electrons. The Hall–Kier alpha value is -5.94. The van der Waals surface area contributed by atoms with Gasteiger partial charge < -0.3 is 15.2 Å². The summed E-state index contributed by atoms with van der Waals surface area (Å²) >= 11 is 0. The molecule has 0 saturated heterocycles. The fourth-order valence-corrected chi connectivity index (χ4v) is 6.52. The fraction of sp³-hybridized carbons (Fsp3) is 0.250. The van der Waals surface area contributed by atoms with E-state index in [0.29, 0.717) is 60.7 Å². The second-order valence-electron chi connectivity index (χ2n) is 12.2. The molecule has 0 bridgehead atoms. The van der Waals surface area contributed by atoms with Crippen molar-refractivity contribution in [2.24, 2.45) is 7.05 Å². The first-order chi connectivity index (χ1) is 24.1. The van der Waals surface area contributed by atoms with E-state index < -0.39 is 9.84 Å². The van der Waals surface area contributed by atoms with E-state index in [0.717, 1.165) is 11.8 Å². The first-order valence-corrected chi connectivity index (χ1v) is 17.9. The molecule has 0 radical (unpaired) electrons. The number of aromatic nitrogens is 5. The first kappa shape index (κ1) is 33.9. The number of benzene rings is 1.